The van der Waals surface area contributed by atoms with Crippen LogP contribution in [0.5, 0.6) is 0 Å². The number of aliphatic hydroxyl groups is 2. The zero-order valence-electron chi connectivity index (χ0n) is 36.4. The Balaban J connectivity index is 5.43. The van der Waals surface area contributed by atoms with Gasteiger partial charge in [-0.25, -0.2) is 0 Å². The molecule has 0 fully saturated rings. The van der Waals surface area contributed by atoms with E-state index in [9.17, 15) is 9.59 Å². The average Bonchev–Trinajstić information content (AvgIpc) is 3.18. The molecule has 0 saturated heterocycles. The molecule has 0 spiro atoms. The van der Waals surface area contributed by atoms with E-state index in [4.69, 9.17) is 16.4 Å². The summed E-state index contributed by atoms with van der Waals surface area (Å²) in [4.78, 5) is 28.0. The van der Waals surface area contributed by atoms with Crippen LogP contribution in [0.15, 0.2) is 0 Å². The molecule has 0 rings (SSSR count). The third-order valence-electron chi connectivity index (χ3n) is 11.4. The molecule has 0 aromatic rings. The Kier molecular flexibility index (Phi) is 42.8. The summed E-state index contributed by atoms with van der Waals surface area (Å²) in [6.45, 7) is 5.09. The maximum absolute atomic E-state index is 14.0. The van der Waals surface area contributed by atoms with E-state index in [0.717, 1.165) is 98.8 Å². The van der Waals surface area contributed by atoms with Gasteiger partial charge in [0.25, 0.3) is 0 Å². The number of thiol groups is 2. The van der Waals surface area contributed by atoms with Gasteiger partial charge in [-0.2, -0.15) is 0 Å². The predicted molar refractivity (Wildman–Crippen MR) is 245 cm³/mol. The van der Waals surface area contributed by atoms with E-state index in [1.54, 1.807) is 0 Å². The Morgan fingerprint density at radius 3 is 0.945 bits per heavy atom. The molecule has 0 aliphatic carbocycles. The second kappa shape index (κ2) is 42.5. The van der Waals surface area contributed by atoms with Crippen molar-refractivity contribution in [2.45, 2.75) is 241 Å². The number of hydrogen-bond acceptors (Lipinski definition) is 8. The molecule has 0 bridgehead atoms. The fraction of sp³-hybridized carbons (Fsp3) is 0.957. The SMILES string of the molecule is CCCCCCC[CH2][Sn]([CH2]CCCCCCC)([O]C(=O)C(CS)CCCCCCCCCCCCO)[O]C(=O)C(CS)CCCCCCCCCCCCO. The van der Waals surface area contributed by atoms with Gasteiger partial charge in [-0.15, -0.1) is 0 Å². The molecule has 0 aromatic carbocycles. The van der Waals surface area contributed by atoms with Crippen LogP contribution in [-0.4, -0.2) is 66.1 Å². The molecule has 2 N–H and O–H groups in total. The van der Waals surface area contributed by atoms with Crippen molar-refractivity contribution < 1.29 is 26.0 Å². The first-order valence-corrected chi connectivity index (χ1v) is 31.5. The van der Waals surface area contributed by atoms with E-state index in [2.05, 4.69) is 39.1 Å². The van der Waals surface area contributed by atoms with Crippen LogP contribution in [0.4, 0.5) is 0 Å². The van der Waals surface area contributed by atoms with Crippen molar-refractivity contribution in [3.8, 4) is 0 Å². The Morgan fingerprint density at radius 1 is 0.418 bits per heavy atom. The summed E-state index contributed by atoms with van der Waals surface area (Å²) in [5.74, 6) is 0.127. The van der Waals surface area contributed by atoms with E-state index in [-0.39, 0.29) is 23.8 Å². The van der Waals surface area contributed by atoms with E-state index in [1.807, 2.05) is 0 Å². The molecular formula is C46H92O6S2Sn. The Bertz CT molecular complexity index is 768. The monoisotopic (exact) mass is 925 g/mol. The van der Waals surface area contributed by atoms with Gasteiger partial charge in [0.15, 0.2) is 0 Å². The summed E-state index contributed by atoms with van der Waals surface area (Å²) >= 11 is 5.10. The van der Waals surface area contributed by atoms with Gasteiger partial charge in [0, 0.05) is 13.2 Å². The van der Waals surface area contributed by atoms with Crippen LogP contribution < -0.4 is 0 Å². The molecule has 0 heterocycles. The standard InChI is InChI=1S/2C15H30O3S.2C8H17.Sn/c2*16-12-10-8-6-4-2-1-3-5-7-9-11-14(13-19)15(17)18;2*1-3-5-7-8-6-4-2;/h2*14,16,19H,1-13H2,(H,17,18);2*1,3-8H2,2H3;/q;;;;+2/p-2. The first kappa shape index (κ1) is 55.4. The minimum absolute atomic E-state index is 0.158. The molecule has 6 nitrogen and oxygen atoms in total. The second-order valence-corrected chi connectivity index (χ2v) is 26.6. The van der Waals surface area contributed by atoms with Crippen LogP contribution in [-0.2, 0) is 15.7 Å². The van der Waals surface area contributed by atoms with Crippen molar-refractivity contribution in [3.63, 3.8) is 0 Å². The van der Waals surface area contributed by atoms with Gasteiger partial charge in [-0.05, 0) is 12.8 Å². The number of aliphatic hydroxyl groups excluding tert-OH is 2. The molecule has 0 radical (unpaired) electrons. The van der Waals surface area contributed by atoms with E-state index >= 15 is 0 Å². The van der Waals surface area contributed by atoms with Gasteiger partial charge >= 0.3 is 311 Å². The molecule has 0 saturated carbocycles. The maximum atomic E-state index is 14.0. The van der Waals surface area contributed by atoms with Crippen LogP contribution in [0.2, 0.25) is 8.87 Å². The smallest absolute Gasteiger partial charge is 0.396 e. The zero-order chi connectivity index (χ0) is 40.5. The normalized spacial score (nSPS) is 12.9. The molecule has 0 aliphatic rings. The summed E-state index contributed by atoms with van der Waals surface area (Å²) < 4.78 is 14.9. The first-order chi connectivity index (χ1) is 26.9. The van der Waals surface area contributed by atoms with Crippen LogP contribution in [0.25, 0.3) is 0 Å². The van der Waals surface area contributed by atoms with Crippen molar-refractivity contribution in [2.24, 2.45) is 11.8 Å². The predicted octanol–water partition coefficient (Wildman–Crippen LogP) is 13.9. The average molecular weight is 924 g/mol. The Labute approximate surface area is 357 Å². The van der Waals surface area contributed by atoms with Crippen LogP contribution in [0.1, 0.15) is 232 Å². The van der Waals surface area contributed by atoms with Gasteiger partial charge in [-0.1, -0.05) is 12.8 Å². The number of carbonyl (C=O) groups is 2. The number of unbranched alkanes of at least 4 members (excludes halogenated alkanes) is 28. The van der Waals surface area contributed by atoms with Crippen LogP contribution >= 0.6 is 25.3 Å². The summed E-state index contributed by atoms with van der Waals surface area (Å²) in [5.41, 5.74) is 0. The van der Waals surface area contributed by atoms with Crippen molar-refractivity contribution in [1.29, 1.82) is 0 Å². The Hall–Kier alpha value is 0.359. The van der Waals surface area contributed by atoms with Gasteiger partial charge in [0.05, 0.1) is 0 Å². The Morgan fingerprint density at radius 2 is 0.673 bits per heavy atom. The van der Waals surface area contributed by atoms with Crippen LogP contribution in [0.3, 0.4) is 0 Å². The van der Waals surface area contributed by atoms with Crippen molar-refractivity contribution >= 4 is 56.4 Å². The molecular weight excluding hydrogens is 831 g/mol. The second-order valence-electron chi connectivity index (χ2n) is 16.6. The van der Waals surface area contributed by atoms with Crippen LogP contribution in [0, 0.1) is 11.8 Å². The van der Waals surface area contributed by atoms with Crippen molar-refractivity contribution in [3.05, 3.63) is 0 Å². The quantitative estimate of drug-likeness (QED) is 0.0276. The summed E-state index contributed by atoms with van der Waals surface area (Å²) in [6, 6.07) is 0. The third-order valence-corrected chi connectivity index (χ3v) is 21.9. The molecule has 0 amide bonds. The van der Waals surface area contributed by atoms with Gasteiger partial charge in [0.1, 0.15) is 0 Å². The molecule has 328 valence electrons. The van der Waals surface area contributed by atoms with Gasteiger partial charge < -0.3 is 10.2 Å². The first-order valence-electron chi connectivity index (χ1n) is 23.8. The summed E-state index contributed by atoms with van der Waals surface area (Å²) in [6.07, 6.45) is 38.7. The fourth-order valence-electron chi connectivity index (χ4n) is 7.63. The van der Waals surface area contributed by atoms with Gasteiger partial charge in [-0.3, -0.25) is 0 Å². The minimum atomic E-state index is -4.17. The van der Waals surface area contributed by atoms with Gasteiger partial charge in [0.2, 0.25) is 0 Å². The molecule has 2 unspecified atom stereocenters. The number of hydrogen-bond donors (Lipinski definition) is 4. The molecule has 0 aliphatic heterocycles. The topological polar surface area (TPSA) is 93.1 Å². The minimum Gasteiger partial charge on any atom is -0.396 e. The number of rotatable bonds is 44. The molecule has 2 atom stereocenters. The van der Waals surface area contributed by atoms with Crippen molar-refractivity contribution in [1.82, 2.24) is 0 Å². The fourth-order valence-corrected chi connectivity index (χ4v) is 17.8. The van der Waals surface area contributed by atoms with Crippen molar-refractivity contribution in [2.75, 3.05) is 24.7 Å². The molecule has 9 heteroatoms. The molecule has 0 aromatic heterocycles. The summed E-state index contributed by atoms with van der Waals surface area (Å²) in [7, 11) is 0. The molecule has 55 heavy (non-hydrogen) atoms. The number of carbonyl (C=O) groups excluding carboxylic acids is 2. The van der Waals surface area contributed by atoms with E-state index < -0.39 is 19.2 Å². The van der Waals surface area contributed by atoms with E-state index in [1.165, 1.54) is 128 Å². The summed E-state index contributed by atoms with van der Waals surface area (Å²) in [5, 5.41) is 17.9. The third kappa shape index (κ3) is 33.8. The van der Waals surface area contributed by atoms with E-state index in [0.29, 0.717) is 24.7 Å². The zero-order valence-corrected chi connectivity index (χ0v) is 41.0.